The van der Waals surface area contributed by atoms with Gasteiger partial charge < -0.3 is 0 Å². The lowest BCUT2D eigenvalue weighted by Gasteiger charge is -2.19. The average molecular weight is 222 g/mol. The van der Waals surface area contributed by atoms with Crippen LogP contribution in [0.1, 0.15) is 42.9 Å². The van der Waals surface area contributed by atoms with Crippen LogP contribution in [0, 0.1) is 0 Å². The zero-order chi connectivity index (χ0) is 11.9. The first-order valence-electron chi connectivity index (χ1n) is 6.33. The van der Waals surface area contributed by atoms with Crippen LogP contribution in [-0.4, -0.2) is 0 Å². The van der Waals surface area contributed by atoms with Gasteiger partial charge in [0.25, 0.3) is 0 Å². The van der Waals surface area contributed by atoms with Crippen LogP contribution in [0.25, 0.3) is 0 Å². The van der Waals surface area contributed by atoms with Gasteiger partial charge in [-0.2, -0.15) is 0 Å². The third-order valence-corrected chi connectivity index (χ3v) is 3.98. The normalized spacial score (nSPS) is 21.2. The summed E-state index contributed by atoms with van der Waals surface area (Å²) in [7, 11) is 0. The summed E-state index contributed by atoms with van der Waals surface area (Å²) in [5, 5.41) is 0. The van der Waals surface area contributed by atoms with Crippen molar-refractivity contribution in [3.63, 3.8) is 0 Å². The Morgan fingerprint density at radius 1 is 0.882 bits per heavy atom. The molecule has 17 heavy (non-hydrogen) atoms. The first-order valence-corrected chi connectivity index (χ1v) is 6.33. The fraction of sp³-hybridized carbons (Fsp3) is 0.294. The van der Waals surface area contributed by atoms with Gasteiger partial charge in [-0.25, -0.2) is 0 Å². The van der Waals surface area contributed by atoms with Crippen molar-refractivity contribution in [2.75, 3.05) is 0 Å². The van der Waals surface area contributed by atoms with Gasteiger partial charge in [0.2, 0.25) is 0 Å². The van der Waals surface area contributed by atoms with Crippen molar-refractivity contribution in [1.82, 2.24) is 0 Å². The van der Waals surface area contributed by atoms with Crippen LogP contribution in [0.3, 0.4) is 0 Å². The predicted octanol–water partition coefficient (Wildman–Crippen LogP) is 4.50. The van der Waals surface area contributed by atoms with E-state index in [1.165, 1.54) is 23.1 Å². The van der Waals surface area contributed by atoms with E-state index in [9.17, 15) is 0 Å². The minimum Gasteiger partial charge on any atom is -0.0622 e. The van der Waals surface area contributed by atoms with Gasteiger partial charge in [0.15, 0.2) is 0 Å². The SMILES string of the molecule is CC1(C)CC(c2ccccc2)c2ccccc21. The van der Waals surface area contributed by atoms with E-state index < -0.39 is 0 Å². The van der Waals surface area contributed by atoms with Crippen LogP contribution < -0.4 is 0 Å². The second kappa shape index (κ2) is 3.73. The number of fused-ring (bicyclic) bond motifs is 1. The average Bonchev–Trinajstić information content (AvgIpc) is 2.64. The fourth-order valence-corrected chi connectivity index (χ4v) is 3.13. The van der Waals surface area contributed by atoms with E-state index in [1.54, 1.807) is 0 Å². The van der Waals surface area contributed by atoms with Crippen LogP contribution >= 0.6 is 0 Å². The molecule has 0 bridgehead atoms. The summed E-state index contributed by atoms with van der Waals surface area (Å²) >= 11 is 0. The van der Waals surface area contributed by atoms with Gasteiger partial charge in [-0.3, -0.25) is 0 Å². The highest BCUT2D eigenvalue weighted by atomic mass is 14.4. The molecule has 2 aromatic carbocycles. The molecule has 0 nitrogen and oxygen atoms in total. The standard InChI is InChI=1S/C17H18/c1-17(2)12-15(13-8-4-3-5-9-13)14-10-6-7-11-16(14)17/h3-11,15H,12H2,1-2H3. The predicted molar refractivity (Wildman–Crippen MR) is 72.4 cm³/mol. The molecule has 0 aromatic heterocycles. The van der Waals surface area contributed by atoms with Crippen molar-refractivity contribution in [1.29, 1.82) is 0 Å². The molecule has 0 heteroatoms. The van der Waals surface area contributed by atoms with E-state index in [0.717, 1.165) is 0 Å². The molecule has 2 aromatic rings. The molecule has 1 aliphatic carbocycles. The molecule has 0 radical (unpaired) electrons. The van der Waals surface area contributed by atoms with Gasteiger partial charge >= 0.3 is 0 Å². The van der Waals surface area contributed by atoms with Crippen LogP contribution in [0.5, 0.6) is 0 Å². The second-order valence-electron chi connectivity index (χ2n) is 5.64. The molecule has 0 saturated heterocycles. The highest BCUT2D eigenvalue weighted by molar-refractivity contribution is 5.46. The zero-order valence-corrected chi connectivity index (χ0v) is 10.5. The summed E-state index contributed by atoms with van der Waals surface area (Å²) in [4.78, 5) is 0. The van der Waals surface area contributed by atoms with Crippen LogP contribution in [0.2, 0.25) is 0 Å². The van der Waals surface area contributed by atoms with Gasteiger partial charge in [0.1, 0.15) is 0 Å². The van der Waals surface area contributed by atoms with Crippen molar-refractivity contribution < 1.29 is 0 Å². The maximum atomic E-state index is 2.36. The molecule has 0 fully saturated rings. The van der Waals surface area contributed by atoms with E-state index in [0.29, 0.717) is 11.3 Å². The summed E-state index contributed by atoms with van der Waals surface area (Å²) in [6, 6.07) is 19.8. The minimum atomic E-state index is 0.303. The number of hydrogen-bond donors (Lipinski definition) is 0. The minimum absolute atomic E-state index is 0.303. The number of hydrogen-bond acceptors (Lipinski definition) is 0. The molecule has 0 saturated carbocycles. The van der Waals surface area contributed by atoms with Crippen molar-refractivity contribution in [3.05, 3.63) is 71.3 Å². The van der Waals surface area contributed by atoms with Gasteiger partial charge in [-0.1, -0.05) is 68.4 Å². The van der Waals surface area contributed by atoms with Gasteiger partial charge in [-0.05, 0) is 28.5 Å². The molecule has 1 atom stereocenters. The highest BCUT2D eigenvalue weighted by Crippen LogP contribution is 2.48. The van der Waals surface area contributed by atoms with Crippen molar-refractivity contribution in [3.8, 4) is 0 Å². The number of rotatable bonds is 1. The highest BCUT2D eigenvalue weighted by Gasteiger charge is 2.36. The van der Waals surface area contributed by atoms with Gasteiger partial charge in [-0.15, -0.1) is 0 Å². The monoisotopic (exact) mass is 222 g/mol. The van der Waals surface area contributed by atoms with Crippen LogP contribution in [0.4, 0.5) is 0 Å². The van der Waals surface area contributed by atoms with Gasteiger partial charge in [0, 0.05) is 5.92 Å². The molecule has 0 amide bonds. The smallest absolute Gasteiger partial charge is 0.0100 e. The van der Waals surface area contributed by atoms with E-state index in [1.807, 2.05) is 0 Å². The Balaban J connectivity index is 2.12. The maximum Gasteiger partial charge on any atom is 0.0100 e. The number of benzene rings is 2. The topological polar surface area (TPSA) is 0 Å². The molecule has 3 rings (SSSR count). The molecule has 0 heterocycles. The summed E-state index contributed by atoms with van der Waals surface area (Å²) in [6.07, 6.45) is 1.22. The molecule has 1 aliphatic rings. The van der Waals surface area contributed by atoms with Gasteiger partial charge in [0.05, 0.1) is 0 Å². The summed E-state index contributed by atoms with van der Waals surface area (Å²) < 4.78 is 0. The van der Waals surface area contributed by atoms with Crippen LogP contribution in [0.15, 0.2) is 54.6 Å². The Hall–Kier alpha value is -1.56. The Bertz CT molecular complexity index is 523. The fourth-order valence-electron chi connectivity index (χ4n) is 3.13. The Kier molecular flexibility index (Phi) is 2.32. The second-order valence-corrected chi connectivity index (χ2v) is 5.64. The third kappa shape index (κ3) is 1.68. The Morgan fingerprint density at radius 3 is 2.29 bits per heavy atom. The molecular weight excluding hydrogens is 204 g/mol. The molecule has 0 N–H and O–H groups in total. The zero-order valence-electron chi connectivity index (χ0n) is 10.5. The largest absolute Gasteiger partial charge is 0.0622 e. The quantitative estimate of drug-likeness (QED) is 0.666. The maximum absolute atomic E-state index is 2.36. The molecule has 0 spiro atoms. The summed E-state index contributed by atoms with van der Waals surface area (Å²) in [6.45, 7) is 4.71. The molecule has 1 unspecified atom stereocenters. The lowest BCUT2D eigenvalue weighted by molar-refractivity contribution is 0.499. The Labute approximate surface area is 103 Å². The van der Waals surface area contributed by atoms with E-state index in [4.69, 9.17) is 0 Å². The first-order chi connectivity index (χ1) is 8.18. The van der Waals surface area contributed by atoms with E-state index in [2.05, 4.69) is 68.4 Å². The van der Waals surface area contributed by atoms with Crippen LogP contribution in [-0.2, 0) is 5.41 Å². The Morgan fingerprint density at radius 2 is 1.53 bits per heavy atom. The van der Waals surface area contributed by atoms with Crippen molar-refractivity contribution >= 4 is 0 Å². The lowest BCUT2D eigenvalue weighted by atomic mass is 9.85. The molecule has 86 valence electrons. The summed E-state index contributed by atoms with van der Waals surface area (Å²) in [5.74, 6) is 0.572. The lowest BCUT2D eigenvalue weighted by Crippen LogP contribution is -2.12. The molecule has 0 aliphatic heterocycles. The summed E-state index contributed by atoms with van der Waals surface area (Å²) in [5.41, 5.74) is 4.79. The molecular formula is C17H18. The van der Waals surface area contributed by atoms with E-state index >= 15 is 0 Å². The van der Waals surface area contributed by atoms with Crippen molar-refractivity contribution in [2.45, 2.75) is 31.6 Å². The van der Waals surface area contributed by atoms with E-state index in [-0.39, 0.29) is 0 Å². The third-order valence-electron chi connectivity index (χ3n) is 3.98. The van der Waals surface area contributed by atoms with Crippen molar-refractivity contribution in [2.24, 2.45) is 0 Å². The first kappa shape index (κ1) is 10.6.